The summed E-state index contributed by atoms with van der Waals surface area (Å²) in [6, 6.07) is 22.6. The standard InChI is InChI=1S/C27H19F3O3/c1-17-15-20-9-5-6-10-22(20)26(25(17)19-7-3-2-4-8-19)33-21-13-11-18(12-14-24(31)32)23(16-21)27(28,29)30/h2-16H,1H3,(H,31,32). The van der Waals surface area contributed by atoms with Gasteiger partial charge in [0, 0.05) is 17.0 Å². The highest BCUT2D eigenvalue weighted by Crippen LogP contribution is 2.43. The van der Waals surface area contributed by atoms with Crippen molar-refractivity contribution in [3.63, 3.8) is 0 Å². The molecule has 0 aromatic heterocycles. The summed E-state index contributed by atoms with van der Waals surface area (Å²) in [5.74, 6) is -0.872. The molecule has 0 radical (unpaired) electrons. The Labute approximate surface area is 188 Å². The second-order valence-electron chi connectivity index (χ2n) is 7.51. The predicted molar refractivity (Wildman–Crippen MR) is 122 cm³/mol. The monoisotopic (exact) mass is 448 g/mol. The zero-order valence-electron chi connectivity index (χ0n) is 17.6. The van der Waals surface area contributed by atoms with Crippen LogP contribution in [-0.4, -0.2) is 11.1 Å². The lowest BCUT2D eigenvalue weighted by Gasteiger charge is -2.19. The first kappa shape index (κ1) is 22.1. The Morgan fingerprint density at radius 1 is 0.939 bits per heavy atom. The maximum atomic E-state index is 13.7. The molecule has 0 amide bonds. The molecule has 4 rings (SSSR count). The number of halogens is 3. The normalized spacial score (nSPS) is 11.8. The molecule has 0 heterocycles. The highest BCUT2D eigenvalue weighted by atomic mass is 19.4. The number of fused-ring (bicyclic) bond motifs is 1. The molecule has 0 bridgehead atoms. The van der Waals surface area contributed by atoms with Crippen LogP contribution in [-0.2, 0) is 11.0 Å². The lowest BCUT2D eigenvalue weighted by molar-refractivity contribution is -0.138. The maximum Gasteiger partial charge on any atom is 0.417 e. The molecular weight excluding hydrogens is 429 g/mol. The first-order valence-electron chi connectivity index (χ1n) is 10.1. The summed E-state index contributed by atoms with van der Waals surface area (Å²) in [6.45, 7) is 1.93. The smallest absolute Gasteiger partial charge is 0.417 e. The number of carbonyl (C=O) groups is 1. The molecule has 0 spiro atoms. The molecule has 4 aromatic rings. The zero-order valence-corrected chi connectivity index (χ0v) is 17.6. The fourth-order valence-corrected chi connectivity index (χ4v) is 3.79. The van der Waals surface area contributed by atoms with E-state index in [4.69, 9.17) is 9.84 Å². The first-order valence-corrected chi connectivity index (χ1v) is 10.1. The van der Waals surface area contributed by atoms with Crippen LogP contribution in [0.4, 0.5) is 13.2 Å². The summed E-state index contributed by atoms with van der Waals surface area (Å²) in [5.41, 5.74) is 1.36. The summed E-state index contributed by atoms with van der Waals surface area (Å²) in [6.07, 6.45) is -3.09. The van der Waals surface area contributed by atoms with Crippen molar-refractivity contribution in [2.75, 3.05) is 0 Å². The van der Waals surface area contributed by atoms with Gasteiger partial charge in [-0.25, -0.2) is 4.79 Å². The van der Waals surface area contributed by atoms with Crippen molar-refractivity contribution in [3.05, 3.63) is 102 Å². The second-order valence-corrected chi connectivity index (χ2v) is 7.51. The van der Waals surface area contributed by atoms with E-state index in [-0.39, 0.29) is 11.3 Å². The van der Waals surface area contributed by atoms with E-state index in [2.05, 4.69) is 0 Å². The van der Waals surface area contributed by atoms with E-state index in [1.807, 2.05) is 67.6 Å². The molecule has 0 fully saturated rings. The average Bonchev–Trinajstić information content (AvgIpc) is 2.78. The Morgan fingerprint density at radius 2 is 1.64 bits per heavy atom. The lowest BCUT2D eigenvalue weighted by Crippen LogP contribution is -2.08. The number of benzene rings is 4. The van der Waals surface area contributed by atoms with Crippen LogP contribution in [0, 0.1) is 6.92 Å². The SMILES string of the molecule is Cc1cc2ccccc2c(Oc2ccc(C=CC(=O)O)c(C(F)(F)F)c2)c1-c1ccccc1. The van der Waals surface area contributed by atoms with Crippen molar-refractivity contribution in [1.29, 1.82) is 0 Å². The highest BCUT2D eigenvalue weighted by molar-refractivity contribution is 5.97. The Hall–Kier alpha value is -4.06. The summed E-state index contributed by atoms with van der Waals surface area (Å²) in [7, 11) is 0. The van der Waals surface area contributed by atoms with Gasteiger partial charge in [0.15, 0.2) is 0 Å². The lowest BCUT2D eigenvalue weighted by atomic mass is 9.95. The number of aryl methyl sites for hydroxylation is 1. The molecule has 4 aromatic carbocycles. The Balaban J connectivity index is 1.90. The van der Waals surface area contributed by atoms with Crippen LogP contribution in [0.3, 0.4) is 0 Å². The molecule has 0 saturated heterocycles. The number of hydrogen-bond acceptors (Lipinski definition) is 2. The van der Waals surface area contributed by atoms with Crippen LogP contribution in [0.15, 0.2) is 84.9 Å². The minimum atomic E-state index is -4.69. The van der Waals surface area contributed by atoms with Gasteiger partial charge >= 0.3 is 12.1 Å². The van der Waals surface area contributed by atoms with E-state index in [0.29, 0.717) is 11.8 Å². The maximum absolute atomic E-state index is 13.7. The molecule has 0 saturated carbocycles. The highest BCUT2D eigenvalue weighted by Gasteiger charge is 2.33. The van der Waals surface area contributed by atoms with Crippen LogP contribution in [0.2, 0.25) is 0 Å². The number of alkyl halides is 3. The van der Waals surface area contributed by atoms with Gasteiger partial charge in [-0.15, -0.1) is 0 Å². The molecule has 0 aliphatic rings. The number of rotatable bonds is 5. The second kappa shape index (κ2) is 8.82. The molecule has 166 valence electrons. The van der Waals surface area contributed by atoms with E-state index in [0.717, 1.165) is 39.6 Å². The molecule has 33 heavy (non-hydrogen) atoms. The Kier molecular flexibility index (Phi) is 5.92. The van der Waals surface area contributed by atoms with E-state index >= 15 is 0 Å². The van der Waals surface area contributed by atoms with Gasteiger partial charge in [0.05, 0.1) is 5.56 Å². The number of carboxylic acid groups (broad SMARTS) is 1. The third kappa shape index (κ3) is 4.75. The van der Waals surface area contributed by atoms with Crippen LogP contribution in [0.5, 0.6) is 11.5 Å². The van der Waals surface area contributed by atoms with Crippen molar-refractivity contribution in [3.8, 4) is 22.6 Å². The third-order valence-electron chi connectivity index (χ3n) is 5.22. The molecule has 1 N–H and O–H groups in total. The largest absolute Gasteiger partial charge is 0.478 e. The zero-order chi connectivity index (χ0) is 23.6. The van der Waals surface area contributed by atoms with E-state index in [9.17, 15) is 18.0 Å². The van der Waals surface area contributed by atoms with Gasteiger partial charge in [0.1, 0.15) is 11.5 Å². The quantitative estimate of drug-likeness (QED) is 0.318. The summed E-state index contributed by atoms with van der Waals surface area (Å²) in [4.78, 5) is 10.8. The van der Waals surface area contributed by atoms with E-state index in [1.165, 1.54) is 12.1 Å². The van der Waals surface area contributed by atoms with Crippen LogP contribution >= 0.6 is 0 Å². The molecule has 3 nitrogen and oxygen atoms in total. The average molecular weight is 448 g/mol. The van der Waals surface area contributed by atoms with Gasteiger partial charge in [-0.3, -0.25) is 0 Å². The van der Waals surface area contributed by atoms with Crippen LogP contribution in [0.1, 0.15) is 16.7 Å². The van der Waals surface area contributed by atoms with Crippen molar-refractivity contribution in [2.24, 2.45) is 0 Å². The predicted octanol–water partition coefficient (Wildman–Crippen LogP) is 7.72. The van der Waals surface area contributed by atoms with E-state index in [1.54, 1.807) is 0 Å². The molecule has 6 heteroatoms. The van der Waals surface area contributed by atoms with Crippen molar-refractivity contribution in [1.82, 2.24) is 0 Å². The minimum Gasteiger partial charge on any atom is -0.478 e. The molecule has 0 aliphatic carbocycles. The molecule has 0 aliphatic heterocycles. The number of hydrogen-bond donors (Lipinski definition) is 1. The molecular formula is C27H19F3O3. The summed E-state index contributed by atoms with van der Waals surface area (Å²) < 4.78 is 47.3. The number of aliphatic carboxylic acids is 1. The first-order chi connectivity index (χ1) is 15.7. The van der Waals surface area contributed by atoms with Crippen LogP contribution < -0.4 is 4.74 Å². The van der Waals surface area contributed by atoms with E-state index < -0.39 is 17.7 Å². The summed E-state index contributed by atoms with van der Waals surface area (Å²) >= 11 is 0. The fourth-order valence-electron chi connectivity index (χ4n) is 3.79. The van der Waals surface area contributed by atoms with Crippen molar-refractivity contribution in [2.45, 2.75) is 13.1 Å². The van der Waals surface area contributed by atoms with Gasteiger partial charge in [0.2, 0.25) is 0 Å². The van der Waals surface area contributed by atoms with Crippen molar-refractivity contribution >= 4 is 22.8 Å². The van der Waals surface area contributed by atoms with Gasteiger partial charge in [0.25, 0.3) is 0 Å². The molecule has 0 unspecified atom stereocenters. The van der Waals surface area contributed by atoms with Crippen molar-refractivity contribution < 1.29 is 27.8 Å². The molecule has 0 atom stereocenters. The van der Waals surface area contributed by atoms with Crippen LogP contribution in [0.25, 0.3) is 28.0 Å². The van der Waals surface area contributed by atoms with Gasteiger partial charge < -0.3 is 9.84 Å². The van der Waals surface area contributed by atoms with Gasteiger partial charge in [-0.05, 0) is 47.2 Å². The summed E-state index contributed by atoms with van der Waals surface area (Å²) in [5, 5.41) is 10.5. The third-order valence-corrected chi connectivity index (χ3v) is 5.22. The topological polar surface area (TPSA) is 46.5 Å². The Morgan fingerprint density at radius 3 is 2.33 bits per heavy atom. The number of ether oxygens (including phenoxy) is 1. The van der Waals surface area contributed by atoms with Gasteiger partial charge in [-0.1, -0.05) is 66.7 Å². The minimum absolute atomic E-state index is 0.00253. The Bertz CT molecular complexity index is 1360. The van der Waals surface area contributed by atoms with Gasteiger partial charge in [-0.2, -0.15) is 13.2 Å². The fraction of sp³-hybridized carbons (Fsp3) is 0.0741. The number of carboxylic acids is 1.